The number of anilines is 3. The third-order valence-electron chi connectivity index (χ3n) is 3.12. The van der Waals surface area contributed by atoms with E-state index in [1.54, 1.807) is 42.5 Å². The normalized spacial score (nSPS) is 10.2. The van der Waals surface area contributed by atoms with Crippen molar-refractivity contribution in [3.8, 4) is 0 Å². The predicted octanol–water partition coefficient (Wildman–Crippen LogP) is 4.78. The van der Waals surface area contributed by atoms with Crippen molar-refractivity contribution in [1.82, 2.24) is 9.97 Å². The van der Waals surface area contributed by atoms with Gasteiger partial charge in [0.1, 0.15) is 17.8 Å². The summed E-state index contributed by atoms with van der Waals surface area (Å²) in [7, 11) is 0. The average molecular weight is 359 g/mol. The molecule has 1 amide bonds. The summed E-state index contributed by atoms with van der Waals surface area (Å²) in [5, 5.41) is 7.09. The van der Waals surface area contributed by atoms with E-state index < -0.39 is 0 Å². The number of rotatable bonds is 4. The molecule has 0 saturated carbocycles. The van der Waals surface area contributed by atoms with Crippen LogP contribution in [0.4, 0.5) is 17.2 Å². The first-order valence-electron chi connectivity index (χ1n) is 7.02. The molecule has 0 unspecified atom stereocenters. The molecule has 120 valence electrons. The maximum absolute atomic E-state index is 12.3. The van der Waals surface area contributed by atoms with Crippen molar-refractivity contribution < 1.29 is 4.79 Å². The molecule has 3 rings (SSSR count). The van der Waals surface area contributed by atoms with Crippen molar-refractivity contribution in [3.63, 3.8) is 0 Å². The van der Waals surface area contributed by atoms with Gasteiger partial charge in [0.25, 0.3) is 5.91 Å². The Balaban J connectivity index is 1.73. The van der Waals surface area contributed by atoms with E-state index in [-0.39, 0.29) is 11.6 Å². The highest BCUT2D eigenvalue weighted by atomic mass is 35.5. The zero-order chi connectivity index (χ0) is 16.9. The molecule has 0 fully saturated rings. The van der Waals surface area contributed by atoms with Crippen molar-refractivity contribution in [2.45, 2.75) is 0 Å². The van der Waals surface area contributed by atoms with Gasteiger partial charge in [-0.3, -0.25) is 4.79 Å². The highest BCUT2D eigenvalue weighted by Crippen LogP contribution is 2.18. The van der Waals surface area contributed by atoms with Crippen molar-refractivity contribution >= 4 is 46.3 Å². The Labute approximate surface area is 148 Å². The fraction of sp³-hybridized carbons (Fsp3) is 0. The lowest BCUT2D eigenvalue weighted by Crippen LogP contribution is -2.14. The predicted molar refractivity (Wildman–Crippen MR) is 96.2 cm³/mol. The zero-order valence-corrected chi connectivity index (χ0v) is 13.8. The van der Waals surface area contributed by atoms with Crippen LogP contribution in [0, 0.1) is 0 Å². The molecule has 0 spiro atoms. The number of benzene rings is 2. The molecule has 0 bridgehead atoms. The van der Waals surface area contributed by atoms with E-state index in [0.29, 0.717) is 21.6 Å². The van der Waals surface area contributed by atoms with Gasteiger partial charge >= 0.3 is 0 Å². The molecule has 0 saturated heterocycles. The highest BCUT2D eigenvalue weighted by molar-refractivity contribution is 6.30. The zero-order valence-electron chi connectivity index (χ0n) is 12.3. The highest BCUT2D eigenvalue weighted by Gasteiger charge is 2.09. The molecular weight excluding hydrogens is 347 g/mol. The molecule has 0 aliphatic heterocycles. The molecule has 5 nitrogen and oxygen atoms in total. The Hall–Kier alpha value is -2.63. The Kier molecular flexibility index (Phi) is 4.93. The van der Waals surface area contributed by atoms with Crippen molar-refractivity contribution in [3.05, 3.63) is 76.7 Å². The van der Waals surface area contributed by atoms with Crippen molar-refractivity contribution in [2.24, 2.45) is 0 Å². The SMILES string of the molecule is O=C(Nc1ccc(Cl)cc1)c1cc(Nc2ccc(Cl)cc2)ncn1. The summed E-state index contributed by atoms with van der Waals surface area (Å²) in [5.74, 6) is 0.174. The number of carbonyl (C=O) groups is 1. The molecule has 24 heavy (non-hydrogen) atoms. The van der Waals surface area contributed by atoms with Gasteiger partial charge in [0, 0.05) is 27.5 Å². The van der Waals surface area contributed by atoms with Crippen LogP contribution in [0.1, 0.15) is 10.5 Å². The minimum atomic E-state index is -0.334. The van der Waals surface area contributed by atoms with Crippen molar-refractivity contribution in [2.75, 3.05) is 10.6 Å². The molecule has 3 aromatic rings. The Morgan fingerprint density at radius 2 is 1.42 bits per heavy atom. The van der Waals surface area contributed by atoms with Crippen LogP contribution in [0.25, 0.3) is 0 Å². The van der Waals surface area contributed by atoms with Gasteiger partial charge < -0.3 is 10.6 Å². The number of halogens is 2. The van der Waals surface area contributed by atoms with E-state index in [1.165, 1.54) is 6.33 Å². The second kappa shape index (κ2) is 7.29. The first kappa shape index (κ1) is 16.2. The van der Waals surface area contributed by atoms with Crippen LogP contribution in [-0.4, -0.2) is 15.9 Å². The van der Waals surface area contributed by atoms with Gasteiger partial charge in [-0.15, -0.1) is 0 Å². The maximum Gasteiger partial charge on any atom is 0.274 e. The summed E-state index contributed by atoms with van der Waals surface area (Å²) < 4.78 is 0. The number of nitrogens with one attached hydrogen (secondary N) is 2. The number of hydrogen-bond donors (Lipinski definition) is 2. The van der Waals surface area contributed by atoms with Gasteiger partial charge in [-0.25, -0.2) is 9.97 Å². The van der Waals surface area contributed by atoms with E-state index in [0.717, 1.165) is 5.69 Å². The van der Waals surface area contributed by atoms with Crippen LogP contribution in [0.2, 0.25) is 10.0 Å². The number of amides is 1. The molecule has 0 atom stereocenters. The lowest BCUT2D eigenvalue weighted by atomic mass is 10.3. The van der Waals surface area contributed by atoms with Crippen LogP contribution in [0.15, 0.2) is 60.9 Å². The third kappa shape index (κ3) is 4.22. The Morgan fingerprint density at radius 3 is 2.04 bits per heavy atom. The Bertz CT molecular complexity index is 851. The fourth-order valence-corrected chi connectivity index (χ4v) is 2.21. The standard InChI is InChI=1S/C17H12Cl2N4O/c18-11-1-5-13(6-2-11)22-16-9-15(20-10-21-16)17(24)23-14-7-3-12(19)4-8-14/h1-10H,(H,23,24)(H,20,21,22). The Morgan fingerprint density at radius 1 is 0.833 bits per heavy atom. The third-order valence-corrected chi connectivity index (χ3v) is 3.62. The molecule has 1 heterocycles. The van der Waals surface area contributed by atoms with Crippen LogP contribution >= 0.6 is 23.2 Å². The molecule has 0 aliphatic carbocycles. The van der Waals surface area contributed by atoms with Gasteiger partial charge in [0.15, 0.2) is 0 Å². The number of hydrogen-bond acceptors (Lipinski definition) is 4. The van der Waals surface area contributed by atoms with Crippen LogP contribution in [0.5, 0.6) is 0 Å². The number of nitrogens with zero attached hydrogens (tertiary/aromatic N) is 2. The average Bonchev–Trinajstić information content (AvgIpc) is 2.59. The summed E-state index contributed by atoms with van der Waals surface area (Å²) in [6.07, 6.45) is 1.33. The fourth-order valence-electron chi connectivity index (χ4n) is 1.96. The van der Waals surface area contributed by atoms with E-state index in [2.05, 4.69) is 20.6 Å². The second-order valence-corrected chi connectivity index (χ2v) is 5.75. The minimum Gasteiger partial charge on any atom is -0.340 e. The van der Waals surface area contributed by atoms with Crippen LogP contribution in [0.3, 0.4) is 0 Å². The van der Waals surface area contributed by atoms with Gasteiger partial charge in [-0.05, 0) is 48.5 Å². The molecule has 7 heteroatoms. The summed E-state index contributed by atoms with van der Waals surface area (Å²) in [4.78, 5) is 20.4. The minimum absolute atomic E-state index is 0.247. The van der Waals surface area contributed by atoms with E-state index in [4.69, 9.17) is 23.2 Å². The summed E-state index contributed by atoms with van der Waals surface area (Å²) >= 11 is 11.7. The summed E-state index contributed by atoms with van der Waals surface area (Å²) in [6.45, 7) is 0. The largest absolute Gasteiger partial charge is 0.340 e. The molecular formula is C17H12Cl2N4O. The van der Waals surface area contributed by atoms with Gasteiger partial charge in [-0.1, -0.05) is 23.2 Å². The molecule has 0 aliphatic rings. The van der Waals surface area contributed by atoms with Crippen LogP contribution < -0.4 is 10.6 Å². The van der Waals surface area contributed by atoms with E-state index in [1.807, 2.05) is 12.1 Å². The lowest BCUT2D eigenvalue weighted by molar-refractivity contribution is 0.102. The van der Waals surface area contributed by atoms with Gasteiger partial charge in [-0.2, -0.15) is 0 Å². The first-order chi connectivity index (χ1) is 11.6. The number of carbonyl (C=O) groups excluding carboxylic acids is 1. The second-order valence-electron chi connectivity index (χ2n) is 4.88. The molecule has 0 radical (unpaired) electrons. The van der Waals surface area contributed by atoms with E-state index >= 15 is 0 Å². The monoisotopic (exact) mass is 358 g/mol. The molecule has 2 N–H and O–H groups in total. The lowest BCUT2D eigenvalue weighted by Gasteiger charge is -2.08. The van der Waals surface area contributed by atoms with Gasteiger partial charge in [0.05, 0.1) is 0 Å². The number of aromatic nitrogens is 2. The molecule has 2 aromatic carbocycles. The molecule has 1 aromatic heterocycles. The van der Waals surface area contributed by atoms with E-state index in [9.17, 15) is 4.79 Å². The topological polar surface area (TPSA) is 66.9 Å². The quantitative estimate of drug-likeness (QED) is 0.704. The smallest absolute Gasteiger partial charge is 0.274 e. The summed E-state index contributed by atoms with van der Waals surface area (Å²) in [5.41, 5.74) is 1.69. The van der Waals surface area contributed by atoms with Gasteiger partial charge in [0.2, 0.25) is 0 Å². The summed E-state index contributed by atoms with van der Waals surface area (Å²) in [6, 6.07) is 15.6. The van der Waals surface area contributed by atoms with Crippen LogP contribution in [-0.2, 0) is 0 Å². The van der Waals surface area contributed by atoms with Crippen molar-refractivity contribution in [1.29, 1.82) is 0 Å². The first-order valence-corrected chi connectivity index (χ1v) is 7.77. The maximum atomic E-state index is 12.3.